The number of carbonyl (C=O) groups is 1. The van der Waals surface area contributed by atoms with Gasteiger partial charge in [0, 0.05) is 23.5 Å². The first kappa shape index (κ1) is 12.3. The first-order valence-corrected chi connectivity index (χ1v) is 5.87. The molecule has 1 aromatic carbocycles. The van der Waals surface area contributed by atoms with Crippen LogP contribution in [0, 0.1) is 0 Å². The molecule has 0 atom stereocenters. The summed E-state index contributed by atoms with van der Waals surface area (Å²) in [4.78, 5) is 15.1. The average molecular weight is 241 g/mol. The smallest absolute Gasteiger partial charge is 0.150 e. The minimum absolute atomic E-state index is 0.105. The van der Waals surface area contributed by atoms with Crippen molar-refractivity contribution in [3.8, 4) is 16.9 Å². The highest BCUT2D eigenvalue weighted by Gasteiger charge is 2.07. The number of carbonyl (C=O) groups excluding carboxylic acids is 1. The van der Waals surface area contributed by atoms with Gasteiger partial charge in [0.15, 0.2) is 6.29 Å². The Morgan fingerprint density at radius 1 is 1.28 bits per heavy atom. The minimum Gasteiger partial charge on any atom is -0.491 e. The molecular formula is C15H15NO2. The Morgan fingerprint density at radius 3 is 2.72 bits per heavy atom. The minimum atomic E-state index is 0.105. The number of nitrogens with zero attached hydrogens (tertiary/aromatic N) is 1. The van der Waals surface area contributed by atoms with Crippen molar-refractivity contribution in [1.82, 2.24) is 4.98 Å². The van der Waals surface area contributed by atoms with E-state index in [0.717, 1.165) is 23.2 Å². The summed E-state index contributed by atoms with van der Waals surface area (Å²) in [5.74, 6) is 0.759. The number of hydrogen-bond acceptors (Lipinski definition) is 3. The van der Waals surface area contributed by atoms with E-state index < -0.39 is 0 Å². The van der Waals surface area contributed by atoms with Crippen molar-refractivity contribution in [1.29, 1.82) is 0 Å². The van der Waals surface area contributed by atoms with Crippen molar-refractivity contribution >= 4 is 6.29 Å². The SMILES string of the molecule is CC(C)Oc1ccc(C=O)c(-c2cccnc2)c1. The molecule has 0 fully saturated rings. The van der Waals surface area contributed by atoms with Crippen molar-refractivity contribution in [3.05, 3.63) is 48.3 Å². The van der Waals surface area contributed by atoms with E-state index >= 15 is 0 Å². The third kappa shape index (κ3) is 2.74. The van der Waals surface area contributed by atoms with Gasteiger partial charge in [-0.15, -0.1) is 0 Å². The monoisotopic (exact) mass is 241 g/mol. The van der Waals surface area contributed by atoms with Crippen LogP contribution in [0.2, 0.25) is 0 Å². The molecule has 0 radical (unpaired) electrons. The number of benzene rings is 1. The summed E-state index contributed by atoms with van der Waals surface area (Å²) >= 11 is 0. The van der Waals surface area contributed by atoms with Crippen LogP contribution in [0.25, 0.3) is 11.1 Å². The first-order chi connectivity index (χ1) is 8.70. The Morgan fingerprint density at radius 2 is 2.11 bits per heavy atom. The second kappa shape index (κ2) is 5.45. The molecule has 18 heavy (non-hydrogen) atoms. The maximum absolute atomic E-state index is 11.1. The molecule has 1 aromatic heterocycles. The summed E-state index contributed by atoms with van der Waals surface area (Å²) in [6.07, 6.45) is 4.40. The molecule has 2 aromatic rings. The van der Waals surface area contributed by atoms with Gasteiger partial charge in [-0.1, -0.05) is 6.07 Å². The Hall–Kier alpha value is -2.16. The number of ether oxygens (including phenoxy) is 1. The average Bonchev–Trinajstić information content (AvgIpc) is 2.39. The van der Waals surface area contributed by atoms with Crippen LogP contribution >= 0.6 is 0 Å². The lowest BCUT2D eigenvalue weighted by Crippen LogP contribution is -2.05. The van der Waals surface area contributed by atoms with Crippen molar-refractivity contribution in [2.24, 2.45) is 0 Å². The number of rotatable bonds is 4. The highest BCUT2D eigenvalue weighted by molar-refractivity contribution is 5.88. The zero-order chi connectivity index (χ0) is 13.0. The van der Waals surface area contributed by atoms with E-state index in [1.54, 1.807) is 18.5 Å². The molecule has 0 saturated carbocycles. The third-order valence-corrected chi connectivity index (χ3v) is 2.50. The van der Waals surface area contributed by atoms with Gasteiger partial charge in [-0.3, -0.25) is 9.78 Å². The molecule has 0 N–H and O–H groups in total. The van der Waals surface area contributed by atoms with Crippen LogP contribution in [-0.2, 0) is 0 Å². The van der Waals surface area contributed by atoms with Crippen LogP contribution in [0.4, 0.5) is 0 Å². The third-order valence-electron chi connectivity index (χ3n) is 2.50. The van der Waals surface area contributed by atoms with Crippen LogP contribution in [-0.4, -0.2) is 17.4 Å². The molecular weight excluding hydrogens is 226 g/mol. The molecule has 2 rings (SSSR count). The van der Waals surface area contributed by atoms with Gasteiger partial charge in [0.1, 0.15) is 5.75 Å². The largest absolute Gasteiger partial charge is 0.491 e. The van der Waals surface area contributed by atoms with Crippen molar-refractivity contribution in [2.75, 3.05) is 0 Å². The molecule has 0 bridgehead atoms. The molecule has 1 heterocycles. The van der Waals surface area contributed by atoms with Crippen LogP contribution < -0.4 is 4.74 Å². The van der Waals surface area contributed by atoms with Crippen LogP contribution in [0.5, 0.6) is 5.75 Å². The van der Waals surface area contributed by atoms with Crippen molar-refractivity contribution < 1.29 is 9.53 Å². The topological polar surface area (TPSA) is 39.2 Å². The molecule has 3 nitrogen and oxygen atoms in total. The maximum Gasteiger partial charge on any atom is 0.150 e. The van der Waals surface area contributed by atoms with E-state index in [-0.39, 0.29) is 6.10 Å². The van der Waals surface area contributed by atoms with Crippen LogP contribution in [0.1, 0.15) is 24.2 Å². The summed E-state index contributed by atoms with van der Waals surface area (Å²) in [6, 6.07) is 9.23. The fourth-order valence-electron chi connectivity index (χ4n) is 1.76. The molecule has 3 heteroatoms. The second-order valence-electron chi connectivity index (χ2n) is 4.28. The summed E-state index contributed by atoms with van der Waals surface area (Å²) in [5, 5.41) is 0. The number of aromatic nitrogens is 1. The van der Waals surface area contributed by atoms with E-state index in [2.05, 4.69) is 4.98 Å². The predicted molar refractivity (Wildman–Crippen MR) is 70.8 cm³/mol. The zero-order valence-corrected chi connectivity index (χ0v) is 10.5. The Kier molecular flexibility index (Phi) is 3.72. The molecule has 0 aliphatic heterocycles. The molecule has 0 spiro atoms. The quantitative estimate of drug-likeness (QED) is 0.770. The highest BCUT2D eigenvalue weighted by atomic mass is 16.5. The van der Waals surface area contributed by atoms with Crippen molar-refractivity contribution in [2.45, 2.75) is 20.0 Å². The van der Waals surface area contributed by atoms with Gasteiger partial charge >= 0.3 is 0 Å². The van der Waals surface area contributed by atoms with Gasteiger partial charge < -0.3 is 4.74 Å². The number of aldehydes is 1. The van der Waals surface area contributed by atoms with E-state index in [9.17, 15) is 4.79 Å². The number of pyridine rings is 1. The van der Waals surface area contributed by atoms with Gasteiger partial charge in [-0.05, 0) is 43.7 Å². The van der Waals surface area contributed by atoms with Gasteiger partial charge in [-0.25, -0.2) is 0 Å². The molecule has 0 aliphatic rings. The van der Waals surface area contributed by atoms with Gasteiger partial charge in [0.25, 0.3) is 0 Å². The molecule has 0 unspecified atom stereocenters. The Balaban J connectivity index is 2.46. The van der Waals surface area contributed by atoms with E-state index in [1.807, 2.05) is 38.1 Å². The predicted octanol–water partition coefficient (Wildman–Crippen LogP) is 3.35. The second-order valence-corrected chi connectivity index (χ2v) is 4.28. The van der Waals surface area contributed by atoms with E-state index in [4.69, 9.17) is 4.74 Å². The van der Waals surface area contributed by atoms with Gasteiger partial charge in [0.05, 0.1) is 6.10 Å². The standard InChI is InChI=1S/C15H15NO2/c1-11(2)18-14-6-5-13(10-17)15(8-14)12-4-3-7-16-9-12/h3-11H,1-2H3. The van der Waals surface area contributed by atoms with E-state index in [1.165, 1.54) is 0 Å². The first-order valence-electron chi connectivity index (χ1n) is 5.87. The number of hydrogen-bond donors (Lipinski definition) is 0. The fourth-order valence-corrected chi connectivity index (χ4v) is 1.76. The molecule has 0 amide bonds. The lowest BCUT2D eigenvalue weighted by atomic mass is 10.0. The van der Waals surface area contributed by atoms with Crippen LogP contribution in [0.15, 0.2) is 42.7 Å². The van der Waals surface area contributed by atoms with E-state index in [0.29, 0.717) is 5.56 Å². The normalized spacial score (nSPS) is 10.4. The van der Waals surface area contributed by atoms with Gasteiger partial charge in [-0.2, -0.15) is 0 Å². The molecule has 0 saturated heterocycles. The summed E-state index contributed by atoms with van der Waals surface area (Å²) in [5.41, 5.74) is 2.39. The lowest BCUT2D eigenvalue weighted by molar-refractivity contribution is 0.112. The zero-order valence-electron chi connectivity index (χ0n) is 10.5. The highest BCUT2D eigenvalue weighted by Crippen LogP contribution is 2.27. The molecule has 92 valence electrons. The summed E-state index contributed by atoms with van der Waals surface area (Å²) in [6.45, 7) is 3.94. The fraction of sp³-hybridized carbons (Fsp3) is 0.200. The molecule has 0 aliphatic carbocycles. The Bertz CT molecular complexity index is 535. The lowest BCUT2D eigenvalue weighted by Gasteiger charge is -2.12. The summed E-state index contributed by atoms with van der Waals surface area (Å²) in [7, 11) is 0. The summed E-state index contributed by atoms with van der Waals surface area (Å²) < 4.78 is 5.64. The van der Waals surface area contributed by atoms with Gasteiger partial charge in [0.2, 0.25) is 0 Å². The maximum atomic E-state index is 11.1. The van der Waals surface area contributed by atoms with Crippen molar-refractivity contribution in [3.63, 3.8) is 0 Å². The Labute approximate surface area is 106 Å². The van der Waals surface area contributed by atoms with Crippen LogP contribution in [0.3, 0.4) is 0 Å².